The van der Waals surface area contributed by atoms with E-state index in [-0.39, 0.29) is 11.7 Å². The first kappa shape index (κ1) is 16.0. The molecule has 2 aromatic rings. The van der Waals surface area contributed by atoms with Crippen LogP contribution < -0.4 is 5.32 Å². The van der Waals surface area contributed by atoms with Crippen molar-refractivity contribution in [2.45, 2.75) is 12.5 Å². The molecular weight excluding hydrogens is 317 g/mol. The Hall–Kier alpha value is -1.83. The van der Waals surface area contributed by atoms with Crippen molar-refractivity contribution in [2.24, 2.45) is 0 Å². The lowest BCUT2D eigenvalue weighted by molar-refractivity contribution is -0.132. The van der Waals surface area contributed by atoms with Crippen molar-refractivity contribution in [2.75, 3.05) is 32.1 Å². The average Bonchev–Trinajstić information content (AvgIpc) is 2.97. The van der Waals surface area contributed by atoms with Crippen molar-refractivity contribution >= 4 is 22.4 Å². The number of carbonyl (C=O) groups is 1. The Morgan fingerprint density at radius 1 is 1.52 bits per heavy atom. The van der Waals surface area contributed by atoms with Gasteiger partial charge in [0.15, 0.2) is 5.13 Å². The first-order valence-electron chi connectivity index (χ1n) is 7.41. The van der Waals surface area contributed by atoms with Crippen LogP contribution in [0.3, 0.4) is 0 Å². The van der Waals surface area contributed by atoms with Crippen molar-refractivity contribution in [3.8, 4) is 0 Å². The number of benzene rings is 1. The maximum absolute atomic E-state index is 13.7. The highest BCUT2D eigenvalue weighted by atomic mass is 32.1. The van der Waals surface area contributed by atoms with Crippen molar-refractivity contribution < 1.29 is 13.9 Å². The van der Waals surface area contributed by atoms with Crippen LogP contribution >= 0.6 is 11.3 Å². The van der Waals surface area contributed by atoms with E-state index in [9.17, 15) is 9.18 Å². The number of morpholine rings is 1. The summed E-state index contributed by atoms with van der Waals surface area (Å²) in [7, 11) is 1.96. The molecule has 1 amide bonds. The van der Waals surface area contributed by atoms with Gasteiger partial charge in [-0.1, -0.05) is 18.2 Å². The lowest BCUT2D eigenvalue weighted by Crippen LogP contribution is -2.46. The molecule has 1 fully saturated rings. The minimum Gasteiger partial charge on any atom is -0.366 e. The van der Waals surface area contributed by atoms with E-state index in [0.717, 1.165) is 11.4 Å². The Labute approximate surface area is 138 Å². The maximum atomic E-state index is 13.7. The van der Waals surface area contributed by atoms with Gasteiger partial charge < -0.3 is 9.64 Å². The topological polar surface area (TPSA) is 54.5 Å². The van der Waals surface area contributed by atoms with E-state index in [2.05, 4.69) is 15.2 Å². The predicted octanol–water partition coefficient (Wildman–Crippen LogP) is 2.14. The zero-order chi connectivity index (χ0) is 16.2. The van der Waals surface area contributed by atoms with Gasteiger partial charge in [0, 0.05) is 30.6 Å². The zero-order valence-electron chi connectivity index (χ0n) is 12.8. The molecule has 1 aliphatic rings. The molecular formula is C16H18FN3O2S. The molecule has 23 heavy (non-hydrogen) atoms. The van der Waals surface area contributed by atoms with Gasteiger partial charge in [-0.05, 0) is 18.7 Å². The van der Waals surface area contributed by atoms with E-state index in [1.54, 1.807) is 24.4 Å². The Morgan fingerprint density at radius 3 is 3.13 bits per heavy atom. The van der Waals surface area contributed by atoms with Gasteiger partial charge in [-0.3, -0.25) is 10.1 Å². The van der Waals surface area contributed by atoms with Crippen molar-refractivity contribution in [1.82, 2.24) is 9.88 Å². The third-order valence-electron chi connectivity index (χ3n) is 3.67. The maximum Gasteiger partial charge on any atom is 0.256 e. The number of hydrogen-bond donors (Lipinski definition) is 1. The van der Waals surface area contributed by atoms with Crippen LogP contribution in [0.15, 0.2) is 30.5 Å². The average molecular weight is 335 g/mol. The summed E-state index contributed by atoms with van der Waals surface area (Å²) in [6.07, 6.45) is 1.65. The predicted molar refractivity (Wildman–Crippen MR) is 87.2 cm³/mol. The summed E-state index contributed by atoms with van der Waals surface area (Å²) in [5, 5.41) is 3.29. The molecule has 0 saturated carbocycles. The van der Waals surface area contributed by atoms with Gasteiger partial charge in [0.25, 0.3) is 5.91 Å². The Balaban J connectivity index is 1.61. The van der Waals surface area contributed by atoms with Crippen LogP contribution in [0.2, 0.25) is 0 Å². The minimum absolute atomic E-state index is 0.191. The quantitative estimate of drug-likeness (QED) is 0.930. The second-order valence-electron chi connectivity index (χ2n) is 5.51. The fourth-order valence-corrected chi connectivity index (χ4v) is 3.24. The van der Waals surface area contributed by atoms with Gasteiger partial charge in [-0.2, -0.15) is 0 Å². The molecule has 0 radical (unpaired) electrons. The molecule has 5 nitrogen and oxygen atoms in total. The molecule has 0 bridgehead atoms. The summed E-state index contributed by atoms with van der Waals surface area (Å²) in [5.41, 5.74) is 0.617. The summed E-state index contributed by atoms with van der Waals surface area (Å²) >= 11 is 1.35. The van der Waals surface area contributed by atoms with E-state index < -0.39 is 6.10 Å². The first-order valence-corrected chi connectivity index (χ1v) is 8.22. The summed E-state index contributed by atoms with van der Waals surface area (Å²) in [4.78, 5) is 19.3. The molecule has 1 saturated heterocycles. The van der Waals surface area contributed by atoms with Crippen molar-refractivity contribution in [3.05, 3.63) is 46.7 Å². The largest absolute Gasteiger partial charge is 0.366 e. The van der Waals surface area contributed by atoms with E-state index in [1.807, 2.05) is 7.05 Å². The van der Waals surface area contributed by atoms with Gasteiger partial charge in [-0.25, -0.2) is 9.37 Å². The van der Waals surface area contributed by atoms with Crippen molar-refractivity contribution in [3.63, 3.8) is 0 Å². The third kappa shape index (κ3) is 4.13. The summed E-state index contributed by atoms with van der Waals surface area (Å²) < 4.78 is 19.1. The standard InChI is InChI=1S/C16H18FN3O2S/c1-20-6-7-22-14(10-20)15(21)19-16-18-9-12(23-16)8-11-4-2-3-5-13(11)17/h2-5,9,14H,6-8,10H2,1H3,(H,18,19,21)/t14-/m0/s1. The molecule has 0 spiro atoms. The van der Waals surface area contributed by atoms with Gasteiger partial charge in [0.1, 0.15) is 11.9 Å². The van der Waals surface area contributed by atoms with E-state index in [0.29, 0.717) is 30.3 Å². The number of carbonyl (C=O) groups excluding carboxylic acids is 1. The number of hydrogen-bond acceptors (Lipinski definition) is 5. The third-order valence-corrected chi connectivity index (χ3v) is 4.58. The van der Waals surface area contributed by atoms with Crippen LogP contribution in [-0.4, -0.2) is 48.6 Å². The van der Waals surface area contributed by atoms with Crippen LogP contribution in [0.4, 0.5) is 9.52 Å². The summed E-state index contributed by atoms with van der Waals surface area (Å²) in [6, 6.07) is 6.66. The van der Waals surface area contributed by atoms with Crippen LogP contribution in [0.1, 0.15) is 10.4 Å². The smallest absolute Gasteiger partial charge is 0.256 e. The Kier molecular flexibility index (Phi) is 5.00. The number of nitrogens with zero attached hydrogens (tertiary/aromatic N) is 2. The molecule has 122 valence electrons. The highest BCUT2D eigenvalue weighted by Gasteiger charge is 2.25. The molecule has 0 aliphatic carbocycles. The van der Waals surface area contributed by atoms with E-state index in [1.165, 1.54) is 17.4 Å². The number of halogens is 1. The molecule has 3 rings (SSSR count). The number of likely N-dealkylation sites (N-methyl/N-ethyl adjacent to an activating group) is 1. The highest BCUT2D eigenvalue weighted by Crippen LogP contribution is 2.22. The molecule has 2 heterocycles. The van der Waals surface area contributed by atoms with Gasteiger partial charge in [0.05, 0.1) is 6.61 Å². The second kappa shape index (κ2) is 7.16. The van der Waals surface area contributed by atoms with Crippen LogP contribution in [-0.2, 0) is 16.0 Å². The zero-order valence-corrected chi connectivity index (χ0v) is 13.6. The molecule has 0 unspecified atom stereocenters. The van der Waals surface area contributed by atoms with Gasteiger partial charge >= 0.3 is 0 Å². The fourth-order valence-electron chi connectivity index (χ4n) is 2.40. The number of aromatic nitrogens is 1. The highest BCUT2D eigenvalue weighted by molar-refractivity contribution is 7.15. The minimum atomic E-state index is -0.479. The molecule has 7 heteroatoms. The SMILES string of the molecule is CN1CCO[C@H](C(=O)Nc2ncc(Cc3ccccc3F)s2)C1. The molecule has 1 N–H and O–H groups in total. The summed E-state index contributed by atoms with van der Waals surface area (Å²) in [6.45, 7) is 1.94. The van der Waals surface area contributed by atoms with E-state index >= 15 is 0 Å². The number of amides is 1. The number of rotatable bonds is 4. The molecule has 1 aliphatic heterocycles. The normalized spacial score (nSPS) is 18.8. The van der Waals surface area contributed by atoms with Gasteiger partial charge in [-0.15, -0.1) is 11.3 Å². The molecule has 1 atom stereocenters. The van der Waals surface area contributed by atoms with E-state index in [4.69, 9.17) is 4.74 Å². The monoisotopic (exact) mass is 335 g/mol. The molecule has 1 aromatic carbocycles. The fraction of sp³-hybridized carbons (Fsp3) is 0.375. The Morgan fingerprint density at radius 2 is 2.35 bits per heavy atom. The van der Waals surface area contributed by atoms with Crippen molar-refractivity contribution in [1.29, 1.82) is 0 Å². The number of thiazole rings is 1. The number of anilines is 1. The lowest BCUT2D eigenvalue weighted by atomic mass is 10.1. The first-order chi connectivity index (χ1) is 11.1. The summed E-state index contributed by atoms with van der Waals surface area (Å²) in [5.74, 6) is -0.423. The van der Waals surface area contributed by atoms with Crippen LogP contribution in [0, 0.1) is 5.82 Å². The second-order valence-corrected chi connectivity index (χ2v) is 6.63. The lowest BCUT2D eigenvalue weighted by Gasteiger charge is -2.28. The van der Waals surface area contributed by atoms with Gasteiger partial charge in [0.2, 0.25) is 0 Å². The van der Waals surface area contributed by atoms with Crippen LogP contribution in [0.25, 0.3) is 0 Å². The molecule has 1 aromatic heterocycles. The van der Waals surface area contributed by atoms with Crippen LogP contribution in [0.5, 0.6) is 0 Å². The number of nitrogens with one attached hydrogen (secondary N) is 1. The number of ether oxygens (including phenoxy) is 1. The Bertz CT molecular complexity index is 691.